The van der Waals surface area contributed by atoms with Gasteiger partial charge in [-0.3, -0.25) is 0 Å². The van der Waals surface area contributed by atoms with E-state index in [9.17, 15) is 0 Å². The molecule has 2 aromatic carbocycles. The van der Waals surface area contributed by atoms with Gasteiger partial charge in [0, 0.05) is 10.6 Å². The lowest BCUT2D eigenvalue weighted by Gasteiger charge is -1.97. The molecule has 2 heteroatoms. The smallest absolute Gasteiger partial charge is 0.0224 e. The van der Waals surface area contributed by atoms with Gasteiger partial charge in [0.25, 0.3) is 0 Å². The van der Waals surface area contributed by atoms with Gasteiger partial charge in [0.05, 0.1) is 0 Å². The first-order valence-corrected chi connectivity index (χ1v) is 7.83. The van der Waals surface area contributed by atoms with Crippen molar-refractivity contribution in [1.29, 1.82) is 0 Å². The second-order valence-electron chi connectivity index (χ2n) is 3.49. The Morgan fingerprint density at radius 2 is 1.47 bits per heavy atom. The number of hydrogen-bond acceptors (Lipinski definition) is 2. The SMILES string of the molecule is C(=C\c1ccccc1)/CSSc1ccccc1. The first-order valence-electron chi connectivity index (χ1n) is 5.51. The van der Waals surface area contributed by atoms with Gasteiger partial charge in [-0.1, -0.05) is 82.3 Å². The van der Waals surface area contributed by atoms with Gasteiger partial charge in [-0.05, 0) is 17.7 Å². The van der Waals surface area contributed by atoms with E-state index in [2.05, 4.69) is 60.7 Å². The lowest BCUT2D eigenvalue weighted by Crippen LogP contribution is -1.71. The minimum atomic E-state index is 1.02. The van der Waals surface area contributed by atoms with Crippen LogP contribution in [0.1, 0.15) is 5.56 Å². The largest absolute Gasteiger partial charge is 0.0848 e. The fourth-order valence-electron chi connectivity index (χ4n) is 1.37. The zero-order valence-electron chi connectivity index (χ0n) is 9.45. The zero-order chi connectivity index (χ0) is 11.8. The highest BCUT2D eigenvalue weighted by Gasteiger charge is 1.90. The van der Waals surface area contributed by atoms with E-state index in [0.29, 0.717) is 0 Å². The van der Waals surface area contributed by atoms with Crippen molar-refractivity contribution in [1.82, 2.24) is 0 Å². The van der Waals surface area contributed by atoms with E-state index in [-0.39, 0.29) is 0 Å². The highest BCUT2D eigenvalue weighted by molar-refractivity contribution is 8.76. The highest BCUT2D eigenvalue weighted by Crippen LogP contribution is 2.30. The summed E-state index contributed by atoms with van der Waals surface area (Å²) in [6, 6.07) is 20.9. The molecule has 0 saturated carbocycles. The molecule has 17 heavy (non-hydrogen) atoms. The molecule has 0 nitrogen and oxygen atoms in total. The quantitative estimate of drug-likeness (QED) is 0.538. The normalized spacial score (nSPS) is 10.8. The first kappa shape index (κ1) is 12.3. The molecule has 0 unspecified atom stereocenters. The van der Waals surface area contributed by atoms with Crippen molar-refractivity contribution in [2.75, 3.05) is 5.75 Å². The molecule has 0 heterocycles. The lowest BCUT2D eigenvalue weighted by molar-refractivity contribution is 1.48. The molecular weight excluding hydrogens is 244 g/mol. The summed E-state index contributed by atoms with van der Waals surface area (Å²) in [6.07, 6.45) is 4.37. The molecule has 0 N–H and O–H groups in total. The van der Waals surface area contributed by atoms with Gasteiger partial charge < -0.3 is 0 Å². The molecule has 0 aliphatic heterocycles. The third-order valence-corrected chi connectivity index (χ3v) is 4.42. The predicted octanol–water partition coefficient (Wildman–Crippen LogP) is 5.14. The van der Waals surface area contributed by atoms with Crippen LogP contribution in [0.4, 0.5) is 0 Å². The van der Waals surface area contributed by atoms with Crippen LogP contribution in [0.25, 0.3) is 6.08 Å². The fraction of sp³-hybridized carbons (Fsp3) is 0.0667. The number of benzene rings is 2. The summed E-state index contributed by atoms with van der Waals surface area (Å²) in [5, 5.41) is 0. The molecule has 0 aliphatic carbocycles. The predicted molar refractivity (Wildman–Crippen MR) is 80.2 cm³/mol. The Kier molecular flexibility index (Phi) is 5.27. The van der Waals surface area contributed by atoms with Crippen molar-refractivity contribution < 1.29 is 0 Å². The molecule has 0 atom stereocenters. The molecule has 0 fully saturated rings. The van der Waals surface area contributed by atoms with Gasteiger partial charge in [-0.25, -0.2) is 0 Å². The van der Waals surface area contributed by atoms with Gasteiger partial charge in [0.15, 0.2) is 0 Å². The second kappa shape index (κ2) is 7.25. The Morgan fingerprint density at radius 3 is 2.18 bits per heavy atom. The van der Waals surface area contributed by atoms with Crippen LogP contribution in [-0.4, -0.2) is 5.75 Å². The van der Waals surface area contributed by atoms with Crippen LogP contribution in [0, 0.1) is 0 Å². The summed E-state index contributed by atoms with van der Waals surface area (Å²) < 4.78 is 0. The van der Waals surface area contributed by atoms with E-state index in [1.807, 2.05) is 33.7 Å². The molecule has 2 aromatic rings. The van der Waals surface area contributed by atoms with Gasteiger partial charge in [0.2, 0.25) is 0 Å². The minimum Gasteiger partial charge on any atom is -0.0848 e. The Balaban J connectivity index is 1.72. The average molecular weight is 258 g/mol. The van der Waals surface area contributed by atoms with E-state index in [1.165, 1.54) is 10.5 Å². The second-order valence-corrected chi connectivity index (χ2v) is 5.91. The van der Waals surface area contributed by atoms with E-state index < -0.39 is 0 Å². The van der Waals surface area contributed by atoms with Gasteiger partial charge in [0.1, 0.15) is 0 Å². The van der Waals surface area contributed by atoms with Crippen molar-refractivity contribution in [2.24, 2.45) is 0 Å². The number of rotatable bonds is 5. The van der Waals surface area contributed by atoms with Crippen LogP contribution in [-0.2, 0) is 0 Å². The molecule has 0 radical (unpaired) electrons. The summed E-state index contributed by atoms with van der Waals surface area (Å²) in [6.45, 7) is 0. The molecular formula is C15H14S2. The van der Waals surface area contributed by atoms with Crippen LogP contribution in [0.2, 0.25) is 0 Å². The summed E-state index contributed by atoms with van der Waals surface area (Å²) in [5.41, 5.74) is 1.26. The van der Waals surface area contributed by atoms with Crippen molar-refractivity contribution in [2.45, 2.75) is 4.90 Å². The molecule has 0 spiro atoms. The van der Waals surface area contributed by atoms with Crippen molar-refractivity contribution in [3.8, 4) is 0 Å². The average Bonchev–Trinajstić information content (AvgIpc) is 2.41. The molecule has 0 aromatic heterocycles. The molecule has 86 valence electrons. The van der Waals surface area contributed by atoms with Crippen molar-refractivity contribution in [3.05, 3.63) is 72.3 Å². The minimum absolute atomic E-state index is 1.02. The van der Waals surface area contributed by atoms with Gasteiger partial charge in [-0.2, -0.15) is 0 Å². The van der Waals surface area contributed by atoms with Crippen molar-refractivity contribution in [3.63, 3.8) is 0 Å². The van der Waals surface area contributed by atoms with Crippen LogP contribution in [0.3, 0.4) is 0 Å². The third kappa shape index (κ3) is 4.72. The zero-order valence-corrected chi connectivity index (χ0v) is 11.1. The molecule has 0 saturated heterocycles. The highest BCUT2D eigenvalue weighted by atomic mass is 33.1. The van der Waals surface area contributed by atoms with E-state index in [1.54, 1.807) is 0 Å². The maximum atomic E-state index is 2.20. The Hall–Kier alpha value is -1.12. The monoisotopic (exact) mass is 258 g/mol. The van der Waals surface area contributed by atoms with E-state index in [4.69, 9.17) is 0 Å². The number of hydrogen-bond donors (Lipinski definition) is 0. The van der Waals surface area contributed by atoms with Crippen molar-refractivity contribution >= 4 is 27.7 Å². The van der Waals surface area contributed by atoms with Crippen LogP contribution < -0.4 is 0 Å². The summed E-state index contributed by atoms with van der Waals surface area (Å²) >= 11 is 0. The molecule has 2 rings (SSSR count). The first-order chi connectivity index (χ1) is 8.45. The maximum Gasteiger partial charge on any atom is 0.0224 e. The van der Waals surface area contributed by atoms with Gasteiger partial charge >= 0.3 is 0 Å². The summed E-state index contributed by atoms with van der Waals surface area (Å²) in [5.74, 6) is 1.02. The Bertz CT molecular complexity index is 449. The fourth-order valence-corrected chi connectivity index (χ4v) is 3.19. The van der Waals surface area contributed by atoms with E-state index in [0.717, 1.165) is 5.75 Å². The summed E-state index contributed by atoms with van der Waals surface area (Å²) in [4.78, 5) is 1.31. The maximum absolute atomic E-state index is 2.20. The lowest BCUT2D eigenvalue weighted by atomic mass is 10.2. The van der Waals surface area contributed by atoms with Crippen LogP contribution >= 0.6 is 21.6 Å². The topological polar surface area (TPSA) is 0 Å². The Labute approximate surface area is 111 Å². The van der Waals surface area contributed by atoms with Crippen LogP contribution in [0.15, 0.2) is 71.6 Å². The Morgan fingerprint density at radius 1 is 0.824 bits per heavy atom. The molecule has 0 aliphatic rings. The summed E-state index contributed by atoms with van der Waals surface area (Å²) in [7, 11) is 3.68. The third-order valence-electron chi connectivity index (χ3n) is 2.17. The van der Waals surface area contributed by atoms with Gasteiger partial charge in [-0.15, -0.1) is 0 Å². The molecule has 0 amide bonds. The molecule has 0 bridgehead atoms. The van der Waals surface area contributed by atoms with E-state index >= 15 is 0 Å². The standard InChI is InChI=1S/C15H14S2/c1-3-8-14(9-4-1)10-7-13-16-17-15-11-5-2-6-12-15/h1-12H,13H2/b10-7+. The van der Waals surface area contributed by atoms with Crippen LogP contribution in [0.5, 0.6) is 0 Å².